The lowest BCUT2D eigenvalue weighted by molar-refractivity contribution is -0.138. The number of nitrogens with one attached hydrogen (secondary N) is 1. The molecule has 0 fully saturated rings. The summed E-state index contributed by atoms with van der Waals surface area (Å²) in [6.07, 6.45) is 1.50. The van der Waals surface area contributed by atoms with E-state index in [-0.39, 0.29) is 5.91 Å². The summed E-state index contributed by atoms with van der Waals surface area (Å²) in [6.45, 7) is 0.388. The molecule has 0 unspecified atom stereocenters. The van der Waals surface area contributed by atoms with E-state index < -0.39 is 5.91 Å². The number of anilines is 1. The molecule has 1 N–H and O–H groups in total. The average Bonchev–Trinajstić information content (AvgIpc) is 2.38. The highest BCUT2D eigenvalue weighted by Crippen LogP contribution is 2.23. The van der Waals surface area contributed by atoms with Crippen LogP contribution in [0.4, 0.5) is 5.69 Å². The number of carbonyl (C=O) groups is 3. The van der Waals surface area contributed by atoms with Gasteiger partial charge in [-0.3, -0.25) is 14.4 Å². The first-order chi connectivity index (χ1) is 8.60. The number of likely N-dealkylation sites (N-methyl/N-ethyl adjacent to an activating group) is 1. The van der Waals surface area contributed by atoms with E-state index in [4.69, 9.17) is 0 Å². The molecule has 1 aromatic carbocycles. The van der Waals surface area contributed by atoms with Crippen LogP contribution in [0.25, 0.3) is 0 Å². The number of hydrogen-bond donors (Lipinski definition) is 1. The van der Waals surface area contributed by atoms with Gasteiger partial charge in [-0.25, -0.2) is 0 Å². The van der Waals surface area contributed by atoms with E-state index in [0.29, 0.717) is 25.7 Å². The number of benzene rings is 1. The minimum absolute atomic E-state index is 0.0310. The van der Waals surface area contributed by atoms with Gasteiger partial charge in [0.1, 0.15) is 0 Å². The molecule has 1 aromatic rings. The normalized spacial score (nSPS) is 13.5. The fourth-order valence-electron chi connectivity index (χ4n) is 1.98. The van der Waals surface area contributed by atoms with Gasteiger partial charge < -0.3 is 10.2 Å². The Morgan fingerprint density at radius 3 is 2.94 bits per heavy atom. The summed E-state index contributed by atoms with van der Waals surface area (Å²) in [5, 5.41) is 2.80. The minimum atomic E-state index is -0.541. The number of aldehydes is 1. The molecule has 0 bridgehead atoms. The van der Waals surface area contributed by atoms with Crippen LogP contribution in [0, 0.1) is 0 Å². The molecule has 0 radical (unpaired) electrons. The summed E-state index contributed by atoms with van der Waals surface area (Å²) in [7, 11) is 1.58. The van der Waals surface area contributed by atoms with Crippen LogP contribution in [0.3, 0.4) is 0 Å². The van der Waals surface area contributed by atoms with E-state index in [2.05, 4.69) is 5.32 Å². The molecule has 5 heteroatoms. The van der Waals surface area contributed by atoms with E-state index >= 15 is 0 Å². The van der Waals surface area contributed by atoms with Gasteiger partial charge in [-0.15, -0.1) is 0 Å². The van der Waals surface area contributed by atoms with Gasteiger partial charge in [0.05, 0.1) is 0 Å². The molecule has 0 saturated heterocycles. The molecule has 5 nitrogen and oxygen atoms in total. The van der Waals surface area contributed by atoms with Crippen molar-refractivity contribution >= 4 is 23.8 Å². The maximum absolute atomic E-state index is 11.2. The van der Waals surface area contributed by atoms with Crippen LogP contribution in [0.1, 0.15) is 17.5 Å². The van der Waals surface area contributed by atoms with E-state index in [1.54, 1.807) is 7.05 Å². The zero-order valence-electron chi connectivity index (χ0n) is 10.1. The topological polar surface area (TPSA) is 66.5 Å². The summed E-state index contributed by atoms with van der Waals surface area (Å²) in [6, 6.07) is 5.64. The second-order valence-corrected chi connectivity index (χ2v) is 4.35. The molecule has 18 heavy (non-hydrogen) atoms. The molecule has 2 amide bonds. The first kappa shape index (κ1) is 12.3. The average molecular weight is 246 g/mol. The van der Waals surface area contributed by atoms with E-state index in [0.717, 1.165) is 16.8 Å². The third-order valence-corrected chi connectivity index (χ3v) is 2.96. The lowest BCUT2D eigenvalue weighted by Crippen LogP contribution is -2.27. The Labute approximate surface area is 105 Å². The highest BCUT2D eigenvalue weighted by atomic mass is 16.2. The first-order valence-electron chi connectivity index (χ1n) is 5.72. The highest BCUT2D eigenvalue weighted by molar-refractivity contribution is 6.23. The van der Waals surface area contributed by atoms with Crippen LogP contribution in [-0.2, 0) is 27.3 Å². The number of nitrogens with zero attached hydrogens (tertiary/aromatic N) is 1. The quantitative estimate of drug-likeness (QED) is 0.631. The largest absolute Gasteiger partial charge is 0.335 e. The molecule has 94 valence electrons. The van der Waals surface area contributed by atoms with Gasteiger partial charge in [0.15, 0.2) is 0 Å². The minimum Gasteiger partial charge on any atom is -0.335 e. The molecule has 2 rings (SSSR count). The van der Waals surface area contributed by atoms with Crippen molar-refractivity contribution in [3.05, 3.63) is 29.3 Å². The molecule has 1 aliphatic rings. The molecule has 1 aliphatic heterocycles. The van der Waals surface area contributed by atoms with Crippen molar-refractivity contribution in [3.63, 3.8) is 0 Å². The van der Waals surface area contributed by atoms with Crippen LogP contribution in [0.2, 0.25) is 0 Å². The van der Waals surface area contributed by atoms with Crippen molar-refractivity contribution in [1.82, 2.24) is 4.90 Å². The van der Waals surface area contributed by atoms with E-state index in [1.807, 2.05) is 18.2 Å². The summed E-state index contributed by atoms with van der Waals surface area (Å²) in [5.74, 6) is -0.510. The second kappa shape index (κ2) is 5.00. The van der Waals surface area contributed by atoms with Gasteiger partial charge >= 0.3 is 0 Å². The summed E-state index contributed by atoms with van der Waals surface area (Å²) >= 11 is 0. The Bertz CT molecular complexity index is 511. The standard InChI is InChI=1S/C13H14N2O3/c1-15(13(18)8-16)7-9-2-4-11-10(6-9)3-5-12(17)14-11/h2,4,6,8H,3,5,7H2,1H3,(H,14,17). The third-order valence-electron chi connectivity index (χ3n) is 2.96. The molecule has 0 saturated carbocycles. The van der Waals surface area contributed by atoms with Gasteiger partial charge in [0.25, 0.3) is 5.91 Å². The van der Waals surface area contributed by atoms with Gasteiger partial charge in [0, 0.05) is 25.7 Å². The van der Waals surface area contributed by atoms with E-state index in [1.165, 1.54) is 4.90 Å². The number of rotatable bonds is 3. The lowest BCUT2D eigenvalue weighted by Gasteiger charge is -2.19. The second-order valence-electron chi connectivity index (χ2n) is 4.35. The van der Waals surface area contributed by atoms with Crippen molar-refractivity contribution in [2.75, 3.05) is 12.4 Å². The van der Waals surface area contributed by atoms with Crippen molar-refractivity contribution in [2.24, 2.45) is 0 Å². The fraction of sp³-hybridized carbons (Fsp3) is 0.308. The van der Waals surface area contributed by atoms with Crippen LogP contribution in [0.5, 0.6) is 0 Å². The van der Waals surface area contributed by atoms with Crippen molar-refractivity contribution < 1.29 is 14.4 Å². The van der Waals surface area contributed by atoms with Gasteiger partial charge in [-0.2, -0.15) is 0 Å². The van der Waals surface area contributed by atoms with Crippen molar-refractivity contribution in [2.45, 2.75) is 19.4 Å². The highest BCUT2D eigenvalue weighted by Gasteiger charge is 2.15. The zero-order chi connectivity index (χ0) is 13.1. The Balaban J connectivity index is 2.14. The monoisotopic (exact) mass is 246 g/mol. The Kier molecular flexibility index (Phi) is 3.41. The van der Waals surface area contributed by atoms with Crippen LogP contribution < -0.4 is 5.32 Å². The number of hydrogen-bond acceptors (Lipinski definition) is 3. The van der Waals surface area contributed by atoms with Gasteiger partial charge in [-0.1, -0.05) is 12.1 Å². The SMILES string of the molecule is CN(Cc1ccc2c(c1)CCC(=O)N2)C(=O)C=O. The Morgan fingerprint density at radius 2 is 2.22 bits per heavy atom. The molecule has 0 aromatic heterocycles. The maximum atomic E-state index is 11.2. The molecule has 1 heterocycles. The van der Waals surface area contributed by atoms with Crippen LogP contribution in [0.15, 0.2) is 18.2 Å². The van der Waals surface area contributed by atoms with Crippen molar-refractivity contribution in [3.8, 4) is 0 Å². The molecule has 0 spiro atoms. The molecular weight excluding hydrogens is 232 g/mol. The molecular formula is C13H14N2O3. The third kappa shape index (κ3) is 2.56. The van der Waals surface area contributed by atoms with Crippen LogP contribution >= 0.6 is 0 Å². The smallest absolute Gasteiger partial charge is 0.286 e. The summed E-state index contributed by atoms with van der Waals surface area (Å²) in [5.41, 5.74) is 2.85. The van der Waals surface area contributed by atoms with Gasteiger partial charge in [0.2, 0.25) is 12.2 Å². The Morgan fingerprint density at radius 1 is 1.44 bits per heavy atom. The maximum Gasteiger partial charge on any atom is 0.286 e. The predicted octanol–water partition coefficient (Wildman–Crippen LogP) is 0.729. The predicted molar refractivity (Wildman–Crippen MR) is 65.9 cm³/mol. The molecule has 0 aliphatic carbocycles. The van der Waals surface area contributed by atoms with Crippen LogP contribution in [-0.4, -0.2) is 30.0 Å². The van der Waals surface area contributed by atoms with Crippen molar-refractivity contribution in [1.29, 1.82) is 0 Å². The number of fused-ring (bicyclic) bond motifs is 1. The van der Waals surface area contributed by atoms with E-state index in [9.17, 15) is 14.4 Å². The lowest BCUT2D eigenvalue weighted by atomic mass is 10.0. The zero-order valence-corrected chi connectivity index (χ0v) is 10.1. The summed E-state index contributed by atoms with van der Waals surface area (Å²) in [4.78, 5) is 34.1. The summed E-state index contributed by atoms with van der Waals surface area (Å²) < 4.78 is 0. The number of amides is 2. The number of carbonyl (C=O) groups excluding carboxylic acids is 3. The Hall–Kier alpha value is -2.17. The fourth-order valence-corrected chi connectivity index (χ4v) is 1.98. The first-order valence-corrected chi connectivity index (χ1v) is 5.72. The number of aryl methyl sites for hydroxylation is 1. The molecule has 0 atom stereocenters. The van der Waals surface area contributed by atoms with Gasteiger partial charge in [-0.05, 0) is 23.6 Å².